The molecule has 2 rings (SSSR count). The Kier molecular flexibility index (Phi) is 4.88. The first-order chi connectivity index (χ1) is 8.58. The Morgan fingerprint density at radius 3 is 2.61 bits per heavy atom. The molecule has 3 heteroatoms. The van der Waals surface area contributed by atoms with Gasteiger partial charge in [0.25, 0.3) is 0 Å². The Labute approximate surface area is 130 Å². The fraction of sp³-hybridized carbons (Fsp3) is 0.200. The van der Waals surface area contributed by atoms with Crippen molar-refractivity contribution in [2.45, 2.75) is 18.2 Å². The molecule has 0 spiro atoms. The molecule has 0 N–H and O–H groups in total. The summed E-state index contributed by atoms with van der Waals surface area (Å²) in [5, 5.41) is 0.790. The Balaban J connectivity index is 2.22. The summed E-state index contributed by atoms with van der Waals surface area (Å²) in [5.41, 5.74) is 3.83. The SMILES string of the molecule is Cc1c(Br)cccc1C(Br)Cc1cccc(Cl)c1. The Morgan fingerprint density at radius 2 is 1.89 bits per heavy atom. The van der Waals surface area contributed by atoms with Crippen molar-refractivity contribution in [1.82, 2.24) is 0 Å². The minimum atomic E-state index is 0.300. The van der Waals surface area contributed by atoms with Crippen molar-refractivity contribution < 1.29 is 0 Å². The molecule has 0 fully saturated rings. The van der Waals surface area contributed by atoms with Crippen LogP contribution in [0.4, 0.5) is 0 Å². The molecule has 0 aliphatic carbocycles. The minimum absolute atomic E-state index is 0.300. The van der Waals surface area contributed by atoms with Gasteiger partial charge in [0.1, 0.15) is 0 Å². The maximum absolute atomic E-state index is 6.01. The van der Waals surface area contributed by atoms with Crippen LogP contribution in [0.3, 0.4) is 0 Å². The van der Waals surface area contributed by atoms with Crippen LogP contribution in [0, 0.1) is 6.92 Å². The predicted octanol–water partition coefficient (Wildman–Crippen LogP) is 6.09. The van der Waals surface area contributed by atoms with Crippen molar-refractivity contribution in [3.63, 3.8) is 0 Å². The van der Waals surface area contributed by atoms with Gasteiger partial charge in [0.05, 0.1) is 0 Å². The van der Waals surface area contributed by atoms with Crippen molar-refractivity contribution in [2.75, 3.05) is 0 Å². The maximum atomic E-state index is 6.01. The number of halogens is 3. The highest BCUT2D eigenvalue weighted by Gasteiger charge is 2.12. The van der Waals surface area contributed by atoms with Gasteiger partial charge in [-0.05, 0) is 48.2 Å². The average Bonchev–Trinajstić information content (AvgIpc) is 2.32. The first-order valence-electron chi connectivity index (χ1n) is 5.71. The lowest BCUT2D eigenvalue weighted by molar-refractivity contribution is 0.936. The van der Waals surface area contributed by atoms with Crippen molar-refractivity contribution in [2.24, 2.45) is 0 Å². The van der Waals surface area contributed by atoms with E-state index >= 15 is 0 Å². The highest BCUT2D eigenvalue weighted by molar-refractivity contribution is 9.10. The molecular formula is C15H13Br2Cl. The van der Waals surface area contributed by atoms with Gasteiger partial charge in [-0.3, -0.25) is 0 Å². The van der Waals surface area contributed by atoms with Gasteiger partial charge in [-0.2, -0.15) is 0 Å². The molecule has 2 aromatic carbocycles. The lowest BCUT2D eigenvalue weighted by atomic mass is 10.0. The van der Waals surface area contributed by atoms with Crippen LogP contribution in [-0.4, -0.2) is 0 Å². The summed E-state index contributed by atoms with van der Waals surface area (Å²) < 4.78 is 1.15. The van der Waals surface area contributed by atoms with Crippen LogP contribution in [0.1, 0.15) is 21.5 Å². The van der Waals surface area contributed by atoms with Crippen LogP contribution >= 0.6 is 43.5 Å². The zero-order chi connectivity index (χ0) is 13.1. The lowest BCUT2D eigenvalue weighted by Gasteiger charge is -2.14. The third kappa shape index (κ3) is 3.37. The average molecular weight is 389 g/mol. The van der Waals surface area contributed by atoms with Crippen molar-refractivity contribution in [3.05, 3.63) is 68.7 Å². The normalized spacial score (nSPS) is 12.4. The fourth-order valence-corrected chi connectivity index (χ4v) is 3.41. The molecule has 2 aromatic rings. The summed E-state index contributed by atoms with van der Waals surface area (Å²) in [5.74, 6) is 0. The van der Waals surface area contributed by atoms with Gasteiger partial charge in [0.2, 0.25) is 0 Å². The first kappa shape index (κ1) is 14.1. The number of rotatable bonds is 3. The molecule has 1 atom stereocenters. The van der Waals surface area contributed by atoms with Crippen LogP contribution in [-0.2, 0) is 6.42 Å². The quantitative estimate of drug-likeness (QED) is 0.558. The summed E-state index contributed by atoms with van der Waals surface area (Å²) in [7, 11) is 0. The zero-order valence-corrected chi connectivity index (χ0v) is 13.9. The number of alkyl halides is 1. The fourth-order valence-electron chi connectivity index (χ4n) is 1.94. The van der Waals surface area contributed by atoms with Crippen LogP contribution in [0.2, 0.25) is 5.02 Å². The van der Waals surface area contributed by atoms with Gasteiger partial charge in [-0.15, -0.1) is 0 Å². The molecule has 0 nitrogen and oxygen atoms in total. The highest BCUT2D eigenvalue weighted by Crippen LogP contribution is 2.32. The van der Waals surface area contributed by atoms with Gasteiger partial charge in [-0.25, -0.2) is 0 Å². The second-order valence-corrected chi connectivity index (χ2v) is 6.65. The van der Waals surface area contributed by atoms with E-state index in [0.29, 0.717) is 4.83 Å². The predicted molar refractivity (Wildman–Crippen MR) is 85.7 cm³/mol. The highest BCUT2D eigenvalue weighted by atomic mass is 79.9. The van der Waals surface area contributed by atoms with Gasteiger partial charge in [0.15, 0.2) is 0 Å². The summed E-state index contributed by atoms with van der Waals surface area (Å²) in [4.78, 5) is 0.300. The molecule has 0 amide bonds. The molecule has 0 aromatic heterocycles. The minimum Gasteiger partial charge on any atom is -0.0843 e. The maximum Gasteiger partial charge on any atom is 0.0438 e. The van der Waals surface area contributed by atoms with Crippen molar-refractivity contribution in [3.8, 4) is 0 Å². The second-order valence-electron chi connectivity index (χ2n) is 4.26. The first-order valence-corrected chi connectivity index (χ1v) is 7.80. The van der Waals surface area contributed by atoms with E-state index in [2.05, 4.69) is 63.0 Å². The van der Waals surface area contributed by atoms with E-state index in [1.165, 1.54) is 16.7 Å². The van der Waals surface area contributed by atoms with E-state index in [1.807, 2.05) is 18.2 Å². The van der Waals surface area contributed by atoms with Crippen molar-refractivity contribution >= 4 is 43.5 Å². The van der Waals surface area contributed by atoms with Crippen LogP contribution < -0.4 is 0 Å². The van der Waals surface area contributed by atoms with E-state index in [4.69, 9.17) is 11.6 Å². The monoisotopic (exact) mass is 386 g/mol. The molecule has 0 saturated carbocycles. The summed E-state index contributed by atoms with van der Waals surface area (Å²) in [6.07, 6.45) is 0.928. The molecule has 94 valence electrons. The molecule has 18 heavy (non-hydrogen) atoms. The molecular weight excluding hydrogens is 375 g/mol. The van der Waals surface area contributed by atoms with E-state index < -0.39 is 0 Å². The van der Waals surface area contributed by atoms with Crippen molar-refractivity contribution in [1.29, 1.82) is 0 Å². The van der Waals surface area contributed by atoms with E-state index in [1.54, 1.807) is 0 Å². The zero-order valence-electron chi connectivity index (χ0n) is 9.96. The number of benzene rings is 2. The number of hydrogen-bond donors (Lipinski definition) is 0. The third-order valence-corrected chi connectivity index (χ3v) is 4.86. The van der Waals surface area contributed by atoms with E-state index in [-0.39, 0.29) is 0 Å². The Bertz CT molecular complexity index is 552. The van der Waals surface area contributed by atoms with E-state index in [9.17, 15) is 0 Å². The summed E-state index contributed by atoms with van der Waals surface area (Å²) >= 11 is 13.3. The molecule has 0 aliphatic rings. The van der Waals surface area contributed by atoms with E-state index in [0.717, 1.165) is 15.9 Å². The van der Waals surface area contributed by atoms with Crippen LogP contribution in [0.15, 0.2) is 46.9 Å². The molecule has 0 radical (unpaired) electrons. The third-order valence-electron chi connectivity index (χ3n) is 2.95. The molecule has 0 saturated heterocycles. The van der Waals surface area contributed by atoms with Gasteiger partial charge in [0, 0.05) is 14.3 Å². The summed E-state index contributed by atoms with van der Waals surface area (Å²) in [6, 6.07) is 14.3. The van der Waals surface area contributed by atoms with Gasteiger partial charge >= 0.3 is 0 Å². The number of hydrogen-bond acceptors (Lipinski definition) is 0. The Hall–Kier alpha value is -0.310. The van der Waals surface area contributed by atoms with Crippen LogP contribution in [0.5, 0.6) is 0 Å². The molecule has 0 bridgehead atoms. The van der Waals surface area contributed by atoms with Gasteiger partial charge < -0.3 is 0 Å². The topological polar surface area (TPSA) is 0 Å². The Morgan fingerprint density at radius 1 is 1.17 bits per heavy atom. The van der Waals surface area contributed by atoms with Gasteiger partial charge in [-0.1, -0.05) is 67.7 Å². The molecule has 1 unspecified atom stereocenters. The summed E-state index contributed by atoms with van der Waals surface area (Å²) in [6.45, 7) is 2.13. The second kappa shape index (κ2) is 6.23. The lowest BCUT2D eigenvalue weighted by Crippen LogP contribution is -1.98. The van der Waals surface area contributed by atoms with Crippen LogP contribution in [0.25, 0.3) is 0 Å². The standard InChI is InChI=1S/C15H13Br2Cl/c1-10-13(6-3-7-14(10)16)15(17)9-11-4-2-5-12(18)8-11/h2-8,15H,9H2,1H3. The smallest absolute Gasteiger partial charge is 0.0438 e. The largest absolute Gasteiger partial charge is 0.0843 e. The molecule has 0 aliphatic heterocycles. The molecule has 0 heterocycles.